The molecule has 0 saturated carbocycles. The predicted molar refractivity (Wildman–Crippen MR) is 101 cm³/mol. The molecule has 2 aromatic rings. The van der Waals surface area contributed by atoms with Crippen LogP contribution in [0.4, 0.5) is 5.69 Å². The first kappa shape index (κ1) is 17.2. The van der Waals surface area contributed by atoms with Gasteiger partial charge in [0.25, 0.3) is 0 Å². The van der Waals surface area contributed by atoms with Gasteiger partial charge in [0.05, 0.1) is 10.9 Å². The van der Waals surface area contributed by atoms with Gasteiger partial charge in [-0.15, -0.1) is 0 Å². The van der Waals surface area contributed by atoms with E-state index in [1.54, 1.807) is 22.5 Å². The summed E-state index contributed by atoms with van der Waals surface area (Å²) in [6.45, 7) is 3.79. The number of carbonyl (C=O) groups is 1. The Morgan fingerprint density at radius 1 is 1.12 bits per heavy atom. The molecule has 2 heterocycles. The van der Waals surface area contributed by atoms with Crippen molar-refractivity contribution >= 4 is 21.6 Å². The lowest BCUT2D eigenvalue weighted by molar-refractivity contribution is -0.114. The number of carbonyl (C=O) groups excluding carboxylic acids is 1. The van der Waals surface area contributed by atoms with E-state index >= 15 is 0 Å². The van der Waals surface area contributed by atoms with Crippen molar-refractivity contribution in [1.29, 1.82) is 0 Å². The molecule has 0 spiro atoms. The van der Waals surface area contributed by atoms with Gasteiger partial charge >= 0.3 is 0 Å². The summed E-state index contributed by atoms with van der Waals surface area (Å²) in [6, 6.07) is 13.0. The van der Waals surface area contributed by atoms with Gasteiger partial charge < -0.3 is 5.32 Å². The number of nitrogens with zero attached hydrogens (tertiary/aromatic N) is 1. The van der Waals surface area contributed by atoms with Crippen LogP contribution in [0.1, 0.15) is 48.4 Å². The zero-order chi connectivity index (χ0) is 18.5. The topological polar surface area (TPSA) is 66.5 Å². The molecule has 2 atom stereocenters. The van der Waals surface area contributed by atoms with E-state index in [0.717, 1.165) is 24.0 Å². The minimum absolute atomic E-state index is 0.105. The van der Waals surface area contributed by atoms with Crippen LogP contribution in [-0.2, 0) is 14.8 Å². The van der Waals surface area contributed by atoms with Gasteiger partial charge in [0, 0.05) is 19.2 Å². The Labute approximate surface area is 154 Å². The second-order valence-corrected chi connectivity index (χ2v) is 9.04. The van der Waals surface area contributed by atoms with Crippen molar-refractivity contribution in [3.05, 3.63) is 59.2 Å². The highest BCUT2D eigenvalue weighted by Crippen LogP contribution is 2.48. The molecule has 2 aliphatic heterocycles. The number of sulfonamides is 1. The van der Waals surface area contributed by atoms with Crippen molar-refractivity contribution in [3.8, 4) is 0 Å². The molecular weight excluding hydrogens is 348 g/mol. The normalized spacial score (nSPS) is 22.1. The van der Waals surface area contributed by atoms with Gasteiger partial charge in [0.15, 0.2) is 0 Å². The number of hydrogen-bond acceptors (Lipinski definition) is 3. The minimum Gasteiger partial charge on any atom is -0.326 e. The maximum Gasteiger partial charge on any atom is 0.243 e. The second-order valence-electron chi connectivity index (χ2n) is 7.15. The number of benzene rings is 2. The van der Waals surface area contributed by atoms with Crippen LogP contribution in [0.5, 0.6) is 0 Å². The highest BCUT2D eigenvalue weighted by molar-refractivity contribution is 7.89. The number of aryl methyl sites for hydroxylation is 1. The minimum atomic E-state index is -3.63. The summed E-state index contributed by atoms with van der Waals surface area (Å²) in [6.07, 6.45) is 1.88. The smallest absolute Gasteiger partial charge is 0.243 e. The number of anilines is 1. The third-order valence-electron chi connectivity index (χ3n) is 5.46. The number of piperidine rings is 1. The summed E-state index contributed by atoms with van der Waals surface area (Å²) < 4.78 is 28.3. The zero-order valence-corrected chi connectivity index (χ0v) is 15.7. The van der Waals surface area contributed by atoms with Gasteiger partial charge in [-0.25, -0.2) is 8.42 Å². The van der Waals surface area contributed by atoms with E-state index in [0.29, 0.717) is 12.2 Å². The molecule has 5 rings (SSSR count). The molecule has 2 bridgehead atoms. The number of amides is 1. The van der Waals surface area contributed by atoms with Crippen LogP contribution in [0.25, 0.3) is 0 Å². The molecule has 1 saturated heterocycles. The lowest BCUT2D eigenvalue weighted by Gasteiger charge is -2.45. The molecule has 136 valence electrons. The molecule has 6 heteroatoms. The molecule has 1 aliphatic carbocycles. The summed E-state index contributed by atoms with van der Waals surface area (Å²) in [5.41, 5.74) is 3.80. The second kappa shape index (κ2) is 6.21. The van der Waals surface area contributed by atoms with Gasteiger partial charge in [0.2, 0.25) is 15.9 Å². The Morgan fingerprint density at radius 3 is 2.58 bits per heavy atom. The fourth-order valence-corrected chi connectivity index (χ4v) is 5.88. The SMILES string of the molecule is CC(=O)Nc1cc(S(=O)(=O)N2C[C@H]3CC[C@H]2c2ccccc23)ccc1C. The van der Waals surface area contributed by atoms with Crippen LogP contribution in [0.2, 0.25) is 0 Å². The number of fused-ring (bicyclic) bond motifs is 2. The Balaban J connectivity index is 1.74. The molecule has 1 amide bonds. The third kappa shape index (κ3) is 2.73. The molecule has 26 heavy (non-hydrogen) atoms. The summed E-state index contributed by atoms with van der Waals surface area (Å²) in [5.74, 6) is 0.0415. The van der Waals surface area contributed by atoms with Crippen LogP contribution in [0.15, 0.2) is 47.4 Å². The van der Waals surface area contributed by atoms with Crippen molar-refractivity contribution < 1.29 is 13.2 Å². The van der Waals surface area contributed by atoms with Crippen molar-refractivity contribution in [2.45, 2.75) is 43.5 Å². The summed E-state index contributed by atoms with van der Waals surface area (Å²) in [5, 5.41) is 2.72. The van der Waals surface area contributed by atoms with Gasteiger partial charge in [-0.05, 0) is 54.5 Å². The first-order valence-corrected chi connectivity index (χ1v) is 10.3. The van der Waals surface area contributed by atoms with Gasteiger partial charge in [-0.1, -0.05) is 30.3 Å². The molecule has 3 aliphatic rings. The highest BCUT2D eigenvalue weighted by atomic mass is 32.2. The van der Waals surface area contributed by atoms with E-state index in [2.05, 4.69) is 11.4 Å². The largest absolute Gasteiger partial charge is 0.326 e. The fourth-order valence-electron chi connectivity index (χ4n) is 4.18. The van der Waals surface area contributed by atoms with E-state index < -0.39 is 10.0 Å². The summed E-state index contributed by atoms with van der Waals surface area (Å²) in [4.78, 5) is 11.6. The third-order valence-corrected chi connectivity index (χ3v) is 7.33. The van der Waals surface area contributed by atoms with Crippen molar-refractivity contribution in [2.24, 2.45) is 0 Å². The summed E-state index contributed by atoms with van der Waals surface area (Å²) in [7, 11) is -3.63. The molecule has 1 N–H and O–H groups in total. The molecule has 5 nitrogen and oxygen atoms in total. The van der Waals surface area contributed by atoms with Crippen molar-refractivity contribution in [2.75, 3.05) is 11.9 Å². The van der Waals surface area contributed by atoms with E-state index in [-0.39, 0.29) is 22.8 Å². The fraction of sp³-hybridized carbons (Fsp3) is 0.350. The van der Waals surface area contributed by atoms with Gasteiger partial charge in [-0.3, -0.25) is 4.79 Å². The molecule has 2 aromatic carbocycles. The average Bonchev–Trinajstić information content (AvgIpc) is 2.63. The number of rotatable bonds is 3. The zero-order valence-electron chi connectivity index (χ0n) is 14.9. The van der Waals surface area contributed by atoms with E-state index in [4.69, 9.17) is 0 Å². The van der Waals surface area contributed by atoms with Gasteiger partial charge in [-0.2, -0.15) is 4.31 Å². The molecule has 0 aromatic heterocycles. The Kier molecular flexibility index (Phi) is 4.12. The standard InChI is InChI=1S/C20H22N2O3S/c1-13-7-9-16(11-19(13)21-14(2)23)26(24,25)22-12-15-8-10-20(22)18-6-4-3-5-17(15)18/h3-7,9,11,15,20H,8,10,12H2,1-2H3,(H,21,23)/t15-,20+/m1/s1. The Hall–Kier alpha value is -2.18. The Bertz CT molecular complexity index is 984. The predicted octanol–water partition coefficient (Wildman–Crippen LogP) is 3.58. The summed E-state index contributed by atoms with van der Waals surface area (Å²) >= 11 is 0. The lowest BCUT2D eigenvalue weighted by Crippen LogP contribution is -2.45. The molecule has 0 unspecified atom stereocenters. The van der Waals surface area contributed by atoms with Crippen LogP contribution in [-0.4, -0.2) is 25.2 Å². The van der Waals surface area contributed by atoms with Gasteiger partial charge in [0.1, 0.15) is 0 Å². The Morgan fingerprint density at radius 2 is 1.85 bits per heavy atom. The first-order valence-electron chi connectivity index (χ1n) is 8.87. The van der Waals surface area contributed by atoms with Crippen molar-refractivity contribution in [1.82, 2.24) is 4.31 Å². The maximum atomic E-state index is 13.3. The van der Waals surface area contributed by atoms with E-state index in [9.17, 15) is 13.2 Å². The van der Waals surface area contributed by atoms with Crippen LogP contribution in [0.3, 0.4) is 0 Å². The van der Waals surface area contributed by atoms with Crippen LogP contribution < -0.4 is 5.32 Å². The van der Waals surface area contributed by atoms with E-state index in [1.165, 1.54) is 12.5 Å². The average molecular weight is 370 g/mol. The maximum absolute atomic E-state index is 13.3. The molecular formula is C20H22N2O3S. The number of nitrogens with one attached hydrogen (secondary N) is 1. The van der Waals surface area contributed by atoms with E-state index in [1.807, 2.05) is 25.1 Å². The lowest BCUT2D eigenvalue weighted by atomic mass is 9.76. The quantitative estimate of drug-likeness (QED) is 0.898. The molecule has 0 radical (unpaired) electrons. The van der Waals surface area contributed by atoms with Crippen LogP contribution in [0, 0.1) is 6.92 Å². The monoisotopic (exact) mass is 370 g/mol. The van der Waals surface area contributed by atoms with Crippen molar-refractivity contribution in [3.63, 3.8) is 0 Å². The first-order chi connectivity index (χ1) is 12.4. The molecule has 1 fully saturated rings. The van der Waals surface area contributed by atoms with Crippen LogP contribution >= 0.6 is 0 Å². The number of hydrogen-bond donors (Lipinski definition) is 1. The highest BCUT2D eigenvalue weighted by Gasteiger charge is 2.43.